The minimum atomic E-state index is -0.864. The van der Waals surface area contributed by atoms with Gasteiger partial charge in [0.25, 0.3) is 0 Å². The fourth-order valence-corrected chi connectivity index (χ4v) is 3.60. The number of hydrogen-bond donors (Lipinski definition) is 2. The summed E-state index contributed by atoms with van der Waals surface area (Å²) in [5.41, 5.74) is 1.97. The van der Waals surface area contributed by atoms with E-state index in [0.717, 1.165) is 37.6 Å². The number of carboxylic acid groups (broad SMARTS) is 1. The molecule has 0 bridgehead atoms. The number of ether oxygens (including phenoxy) is 2. The van der Waals surface area contributed by atoms with Crippen LogP contribution in [0.2, 0.25) is 0 Å². The summed E-state index contributed by atoms with van der Waals surface area (Å²) in [6.45, 7) is 10.6. The summed E-state index contributed by atoms with van der Waals surface area (Å²) in [5.74, 6) is -0.905. The van der Waals surface area contributed by atoms with Gasteiger partial charge in [-0.25, -0.2) is 4.79 Å². The van der Waals surface area contributed by atoms with Gasteiger partial charge in [-0.15, -0.1) is 0 Å². The van der Waals surface area contributed by atoms with E-state index in [-0.39, 0.29) is 6.61 Å². The van der Waals surface area contributed by atoms with Crippen LogP contribution < -0.4 is 19.9 Å². The first kappa shape index (κ1) is 25.1. The lowest BCUT2D eigenvalue weighted by Gasteiger charge is -2.37. The maximum absolute atomic E-state index is 12.4. The van der Waals surface area contributed by atoms with E-state index < -0.39 is 23.6 Å². The minimum absolute atomic E-state index is 0.223. The summed E-state index contributed by atoms with van der Waals surface area (Å²) < 4.78 is 11.3. The van der Waals surface area contributed by atoms with Crippen LogP contribution in [0.4, 0.5) is 21.9 Å². The number of nitrogens with zero attached hydrogens (tertiary/aromatic N) is 3. The molecule has 1 unspecified atom stereocenters. The molecule has 0 spiro atoms. The van der Waals surface area contributed by atoms with Gasteiger partial charge in [-0.05, 0) is 57.5 Å². The third kappa shape index (κ3) is 7.26. The highest BCUT2D eigenvalue weighted by Gasteiger charge is 2.21. The molecule has 0 radical (unpaired) electrons. The molecule has 1 amide bonds. The molecule has 1 fully saturated rings. The standard InChI is InChI=1S/C25H34N4O5/c1-18(23(30)31)9-16-33-22-6-5-20(17-21(22)27-24(32)34-25(2,3)4)29-14-12-28(13-15-29)19-7-10-26-11-8-19/h5-8,10-11,17-18H,9,12-16H2,1-4H3,(H,27,32)(H,30,31). The molecule has 2 heterocycles. The van der Waals surface area contributed by atoms with Crippen molar-refractivity contribution in [3.8, 4) is 5.75 Å². The highest BCUT2D eigenvalue weighted by molar-refractivity contribution is 5.88. The number of aliphatic carboxylic acids is 1. The van der Waals surface area contributed by atoms with Gasteiger partial charge in [0, 0.05) is 49.9 Å². The zero-order valence-corrected chi connectivity index (χ0v) is 20.3. The van der Waals surface area contributed by atoms with Crippen LogP contribution >= 0.6 is 0 Å². The van der Waals surface area contributed by atoms with E-state index in [9.17, 15) is 9.59 Å². The number of pyridine rings is 1. The molecule has 1 atom stereocenters. The van der Waals surface area contributed by atoms with Crippen LogP contribution in [-0.2, 0) is 9.53 Å². The number of carbonyl (C=O) groups is 2. The van der Waals surface area contributed by atoms with Crippen molar-refractivity contribution in [1.82, 2.24) is 4.98 Å². The van der Waals surface area contributed by atoms with Gasteiger partial charge in [-0.3, -0.25) is 15.1 Å². The Labute approximate surface area is 200 Å². The molecule has 9 heteroatoms. The smallest absolute Gasteiger partial charge is 0.412 e. The van der Waals surface area contributed by atoms with E-state index in [1.165, 1.54) is 0 Å². The van der Waals surface area contributed by atoms with Crippen molar-refractivity contribution in [2.75, 3.05) is 47.9 Å². The molecule has 9 nitrogen and oxygen atoms in total. The molecule has 3 rings (SSSR count). The Bertz CT molecular complexity index is 969. The van der Waals surface area contributed by atoms with Gasteiger partial charge < -0.3 is 24.4 Å². The van der Waals surface area contributed by atoms with Crippen LogP contribution in [0, 0.1) is 5.92 Å². The molecule has 1 saturated heterocycles. The highest BCUT2D eigenvalue weighted by Crippen LogP contribution is 2.32. The molecule has 1 aliphatic heterocycles. The monoisotopic (exact) mass is 470 g/mol. The molecule has 1 aliphatic rings. The quantitative estimate of drug-likeness (QED) is 0.590. The molecule has 34 heavy (non-hydrogen) atoms. The summed E-state index contributed by atoms with van der Waals surface area (Å²) in [4.78, 5) is 32.2. The lowest BCUT2D eigenvalue weighted by molar-refractivity contribution is -0.141. The average molecular weight is 471 g/mol. The first-order chi connectivity index (χ1) is 16.1. The van der Waals surface area contributed by atoms with Crippen molar-refractivity contribution in [2.45, 2.75) is 39.7 Å². The van der Waals surface area contributed by atoms with Gasteiger partial charge in [0.1, 0.15) is 11.4 Å². The number of piperazine rings is 1. The van der Waals surface area contributed by atoms with Gasteiger partial charge in [0.15, 0.2) is 0 Å². The SMILES string of the molecule is CC(CCOc1ccc(N2CCN(c3ccncc3)CC2)cc1NC(=O)OC(C)(C)C)C(=O)O. The number of rotatable bonds is 8. The third-order valence-electron chi connectivity index (χ3n) is 5.50. The number of carbonyl (C=O) groups excluding carboxylic acids is 1. The van der Waals surface area contributed by atoms with E-state index >= 15 is 0 Å². The second-order valence-corrected chi connectivity index (χ2v) is 9.36. The van der Waals surface area contributed by atoms with E-state index in [1.807, 2.05) is 30.3 Å². The number of anilines is 3. The zero-order chi connectivity index (χ0) is 24.7. The lowest BCUT2D eigenvalue weighted by Crippen LogP contribution is -2.46. The second-order valence-electron chi connectivity index (χ2n) is 9.36. The summed E-state index contributed by atoms with van der Waals surface area (Å²) in [5, 5.41) is 11.9. The van der Waals surface area contributed by atoms with E-state index in [1.54, 1.807) is 40.1 Å². The number of carboxylic acids is 1. The number of aromatic nitrogens is 1. The van der Waals surface area contributed by atoms with Gasteiger partial charge in [-0.1, -0.05) is 6.92 Å². The van der Waals surface area contributed by atoms with Crippen LogP contribution in [0.5, 0.6) is 5.75 Å². The molecule has 0 aliphatic carbocycles. The molecular formula is C25H34N4O5. The topological polar surface area (TPSA) is 104 Å². The third-order valence-corrected chi connectivity index (χ3v) is 5.50. The average Bonchev–Trinajstić information content (AvgIpc) is 2.79. The van der Waals surface area contributed by atoms with Gasteiger partial charge in [0.05, 0.1) is 18.2 Å². The summed E-state index contributed by atoms with van der Waals surface area (Å²) >= 11 is 0. The maximum Gasteiger partial charge on any atom is 0.412 e. The first-order valence-corrected chi connectivity index (χ1v) is 11.5. The van der Waals surface area contributed by atoms with Crippen LogP contribution in [0.15, 0.2) is 42.7 Å². The van der Waals surface area contributed by atoms with Crippen LogP contribution in [0.1, 0.15) is 34.1 Å². The highest BCUT2D eigenvalue weighted by atomic mass is 16.6. The molecular weight excluding hydrogens is 436 g/mol. The predicted octanol–water partition coefficient (Wildman–Crippen LogP) is 4.24. The zero-order valence-electron chi connectivity index (χ0n) is 20.3. The number of hydrogen-bond acceptors (Lipinski definition) is 7. The van der Waals surface area contributed by atoms with E-state index in [0.29, 0.717) is 17.9 Å². The van der Waals surface area contributed by atoms with Crippen molar-refractivity contribution >= 4 is 29.1 Å². The van der Waals surface area contributed by atoms with Gasteiger partial charge in [-0.2, -0.15) is 0 Å². The van der Waals surface area contributed by atoms with Crippen molar-refractivity contribution < 1.29 is 24.2 Å². The number of benzene rings is 1. The lowest BCUT2D eigenvalue weighted by atomic mass is 10.1. The van der Waals surface area contributed by atoms with Crippen LogP contribution in [-0.4, -0.2) is 60.5 Å². The Kier molecular flexibility index (Phi) is 8.20. The molecule has 2 N–H and O–H groups in total. The maximum atomic E-state index is 12.4. The number of nitrogens with one attached hydrogen (secondary N) is 1. The second kappa shape index (κ2) is 11.1. The molecule has 0 saturated carbocycles. The molecule has 1 aromatic heterocycles. The van der Waals surface area contributed by atoms with E-state index in [2.05, 4.69) is 20.1 Å². The number of amides is 1. The van der Waals surface area contributed by atoms with E-state index in [4.69, 9.17) is 14.6 Å². The largest absolute Gasteiger partial charge is 0.491 e. The molecule has 2 aromatic rings. The van der Waals surface area contributed by atoms with Crippen LogP contribution in [0.25, 0.3) is 0 Å². The Hall–Kier alpha value is -3.49. The molecule has 184 valence electrons. The van der Waals surface area contributed by atoms with Crippen molar-refractivity contribution in [3.63, 3.8) is 0 Å². The van der Waals surface area contributed by atoms with Crippen LogP contribution in [0.3, 0.4) is 0 Å². The summed E-state index contributed by atoms with van der Waals surface area (Å²) in [7, 11) is 0. The van der Waals surface area contributed by atoms with Crippen molar-refractivity contribution in [2.24, 2.45) is 5.92 Å². The Morgan fingerprint density at radius 2 is 1.68 bits per heavy atom. The van der Waals surface area contributed by atoms with Crippen molar-refractivity contribution in [1.29, 1.82) is 0 Å². The Morgan fingerprint density at radius 1 is 1.06 bits per heavy atom. The van der Waals surface area contributed by atoms with Gasteiger partial charge in [0.2, 0.25) is 0 Å². The first-order valence-electron chi connectivity index (χ1n) is 11.5. The van der Waals surface area contributed by atoms with Gasteiger partial charge >= 0.3 is 12.1 Å². The Balaban J connectivity index is 1.71. The minimum Gasteiger partial charge on any atom is -0.491 e. The summed E-state index contributed by atoms with van der Waals surface area (Å²) in [6, 6.07) is 9.66. The normalized spacial score (nSPS) is 14.9. The van der Waals surface area contributed by atoms with Crippen molar-refractivity contribution in [3.05, 3.63) is 42.7 Å². The predicted molar refractivity (Wildman–Crippen MR) is 132 cm³/mol. The molecule has 1 aromatic carbocycles. The fraction of sp³-hybridized carbons (Fsp3) is 0.480. The Morgan fingerprint density at radius 3 is 2.26 bits per heavy atom. The fourth-order valence-electron chi connectivity index (χ4n) is 3.60. The summed E-state index contributed by atoms with van der Waals surface area (Å²) in [6.07, 6.45) is 3.38.